The molecule has 0 fully saturated rings. The minimum absolute atomic E-state index is 0.328. The first kappa shape index (κ1) is 13.6. The molecule has 4 nitrogen and oxygen atoms in total. The molecule has 0 N–H and O–H groups in total. The van der Waals surface area contributed by atoms with Gasteiger partial charge in [0.05, 0.1) is 18.2 Å². The Bertz CT molecular complexity index is 794. The summed E-state index contributed by atoms with van der Waals surface area (Å²) in [6, 6.07) is 11.2. The number of carbonyl (C=O) groups excluding carboxylic acids is 1. The topological polar surface area (TPSA) is 44.1 Å². The average molecular weight is 301 g/mol. The number of pyridine rings is 1. The maximum atomic E-state index is 11.4. The van der Waals surface area contributed by atoms with Gasteiger partial charge in [0.25, 0.3) is 0 Å². The van der Waals surface area contributed by atoms with Crippen molar-refractivity contribution in [2.45, 2.75) is 6.54 Å². The fourth-order valence-corrected chi connectivity index (χ4v) is 2.41. The van der Waals surface area contributed by atoms with Crippen LogP contribution in [-0.2, 0) is 11.3 Å². The number of aromatic nitrogens is 2. The predicted molar refractivity (Wildman–Crippen MR) is 81.6 cm³/mol. The van der Waals surface area contributed by atoms with Gasteiger partial charge < -0.3 is 9.30 Å². The van der Waals surface area contributed by atoms with E-state index in [0.29, 0.717) is 17.3 Å². The lowest BCUT2D eigenvalue weighted by Gasteiger charge is -2.07. The molecule has 1 aromatic carbocycles. The third-order valence-corrected chi connectivity index (χ3v) is 3.56. The van der Waals surface area contributed by atoms with Gasteiger partial charge in [-0.15, -0.1) is 0 Å². The number of carbonyl (C=O) groups is 1. The van der Waals surface area contributed by atoms with E-state index < -0.39 is 0 Å². The molecule has 106 valence electrons. The molecule has 0 radical (unpaired) electrons. The van der Waals surface area contributed by atoms with Crippen LogP contribution in [0.1, 0.15) is 15.9 Å². The predicted octanol–water partition coefficient (Wildman–Crippen LogP) is 3.52. The first-order valence-corrected chi connectivity index (χ1v) is 6.83. The normalized spacial score (nSPS) is 10.8. The molecule has 21 heavy (non-hydrogen) atoms. The van der Waals surface area contributed by atoms with Gasteiger partial charge in [0, 0.05) is 24.3 Å². The molecule has 0 aliphatic carbocycles. The van der Waals surface area contributed by atoms with Crippen LogP contribution < -0.4 is 0 Å². The van der Waals surface area contributed by atoms with Gasteiger partial charge in [-0.1, -0.05) is 23.7 Å². The van der Waals surface area contributed by atoms with E-state index in [-0.39, 0.29) is 5.97 Å². The highest BCUT2D eigenvalue weighted by Gasteiger charge is 2.06. The van der Waals surface area contributed by atoms with E-state index >= 15 is 0 Å². The standard InChI is InChI=1S/C16H13ClN2O2/c1-21-16(20)12-4-2-11(3-5-12)10-19-7-6-13-9-18-15(17)8-14(13)19/h2-9H,10H2,1H3. The third kappa shape index (κ3) is 2.76. The lowest BCUT2D eigenvalue weighted by Crippen LogP contribution is -2.02. The zero-order chi connectivity index (χ0) is 14.8. The fourth-order valence-electron chi connectivity index (χ4n) is 2.26. The van der Waals surface area contributed by atoms with Gasteiger partial charge in [0.2, 0.25) is 0 Å². The van der Waals surface area contributed by atoms with Crippen LogP contribution in [0.5, 0.6) is 0 Å². The minimum atomic E-state index is -0.328. The molecule has 0 bridgehead atoms. The summed E-state index contributed by atoms with van der Waals surface area (Å²) in [5.74, 6) is -0.328. The molecule has 0 unspecified atom stereocenters. The van der Waals surface area contributed by atoms with Crippen LogP contribution in [0.15, 0.2) is 48.8 Å². The Morgan fingerprint density at radius 1 is 1.29 bits per heavy atom. The molecule has 3 rings (SSSR count). The van der Waals surface area contributed by atoms with Gasteiger partial charge in [0.1, 0.15) is 5.15 Å². The Morgan fingerprint density at radius 2 is 2.05 bits per heavy atom. The van der Waals surface area contributed by atoms with Crippen LogP contribution in [0.25, 0.3) is 10.9 Å². The number of hydrogen-bond donors (Lipinski definition) is 0. The zero-order valence-electron chi connectivity index (χ0n) is 11.4. The van der Waals surface area contributed by atoms with Crippen molar-refractivity contribution in [2.75, 3.05) is 7.11 Å². The number of hydrogen-bond acceptors (Lipinski definition) is 3. The zero-order valence-corrected chi connectivity index (χ0v) is 12.2. The molecule has 0 spiro atoms. The smallest absolute Gasteiger partial charge is 0.337 e. The number of methoxy groups -OCH3 is 1. The maximum absolute atomic E-state index is 11.4. The fraction of sp³-hybridized carbons (Fsp3) is 0.125. The van der Waals surface area contributed by atoms with E-state index in [1.807, 2.05) is 30.5 Å². The summed E-state index contributed by atoms with van der Waals surface area (Å²) in [6.07, 6.45) is 3.76. The Morgan fingerprint density at radius 3 is 2.76 bits per heavy atom. The van der Waals surface area contributed by atoms with Crippen molar-refractivity contribution in [3.63, 3.8) is 0 Å². The molecule has 0 atom stereocenters. The van der Waals surface area contributed by atoms with E-state index in [1.165, 1.54) is 7.11 Å². The van der Waals surface area contributed by atoms with E-state index in [1.54, 1.807) is 18.3 Å². The van der Waals surface area contributed by atoms with E-state index in [0.717, 1.165) is 16.5 Å². The summed E-state index contributed by atoms with van der Waals surface area (Å²) in [5, 5.41) is 1.52. The Labute approximate surface area is 126 Å². The van der Waals surface area contributed by atoms with Crippen LogP contribution in [-0.4, -0.2) is 22.6 Å². The van der Waals surface area contributed by atoms with Gasteiger partial charge in [-0.05, 0) is 29.8 Å². The van der Waals surface area contributed by atoms with Gasteiger partial charge in [-0.2, -0.15) is 0 Å². The van der Waals surface area contributed by atoms with Crippen LogP contribution in [0.4, 0.5) is 0 Å². The highest BCUT2D eigenvalue weighted by atomic mass is 35.5. The van der Waals surface area contributed by atoms with Crippen molar-refractivity contribution in [3.05, 3.63) is 65.1 Å². The van der Waals surface area contributed by atoms with Crippen LogP contribution >= 0.6 is 11.6 Å². The van der Waals surface area contributed by atoms with Crippen LogP contribution in [0, 0.1) is 0 Å². The van der Waals surface area contributed by atoms with Crippen molar-refractivity contribution >= 4 is 28.5 Å². The second-order valence-corrected chi connectivity index (χ2v) is 5.09. The lowest BCUT2D eigenvalue weighted by molar-refractivity contribution is 0.0600. The highest BCUT2D eigenvalue weighted by Crippen LogP contribution is 2.19. The Hall–Kier alpha value is -2.33. The van der Waals surface area contributed by atoms with Gasteiger partial charge >= 0.3 is 5.97 Å². The highest BCUT2D eigenvalue weighted by molar-refractivity contribution is 6.30. The number of esters is 1. The molecular formula is C16H13ClN2O2. The molecule has 2 heterocycles. The summed E-state index contributed by atoms with van der Waals surface area (Å²) in [4.78, 5) is 15.5. The van der Waals surface area contributed by atoms with Gasteiger partial charge in [0.15, 0.2) is 0 Å². The summed E-state index contributed by atoms with van der Waals surface area (Å²) in [5.41, 5.74) is 2.67. The van der Waals surface area contributed by atoms with Gasteiger partial charge in [-0.25, -0.2) is 9.78 Å². The third-order valence-electron chi connectivity index (χ3n) is 3.35. The first-order chi connectivity index (χ1) is 10.2. The van der Waals surface area contributed by atoms with E-state index in [9.17, 15) is 4.79 Å². The second-order valence-electron chi connectivity index (χ2n) is 4.70. The second kappa shape index (κ2) is 5.58. The molecule has 2 aromatic heterocycles. The molecular weight excluding hydrogens is 288 g/mol. The van der Waals surface area contributed by atoms with Crippen molar-refractivity contribution < 1.29 is 9.53 Å². The number of benzene rings is 1. The molecule has 0 aliphatic heterocycles. The first-order valence-electron chi connectivity index (χ1n) is 6.45. The number of halogens is 1. The van der Waals surface area contributed by atoms with Crippen LogP contribution in [0.2, 0.25) is 5.15 Å². The summed E-state index contributed by atoms with van der Waals surface area (Å²) < 4.78 is 6.78. The van der Waals surface area contributed by atoms with E-state index in [4.69, 9.17) is 11.6 Å². The maximum Gasteiger partial charge on any atom is 0.337 e. The van der Waals surface area contributed by atoms with Crippen molar-refractivity contribution in [3.8, 4) is 0 Å². The van der Waals surface area contributed by atoms with Crippen LogP contribution in [0.3, 0.4) is 0 Å². The molecule has 3 aromatic rings. The monoisotopic (exact) mass is 300 g/mol. The van der Waals surface area contributed by atoms with E-state index in [2.05, 4.69) is 14.3 Å². The minimum Gasteiger partial charge on any atom is -0.465 e. The Kier molecular flexibility index (Phi) is 3.62. The molecule has 0 aliphatic rings. The summed E-state index contributed by atoms with van der Waals surface area (Å²) in [6.45, 7) is 0.700. The van der Waals surface area contributed by atoms with Crippen molar-refractivity contribution in [1.82, 2.24) is 9.55 Å². The van der Waals surface area contributed by atoms with Crippen molar-refractivity contribution in [1.29, 1.82) is 0 Å². The molecule has 5 heteroatoms. The molecule has 0 saturated heterocycles. The largest absolute Gasteiger partial charge is 0.465 e. The molecule has 0 amide bonds. The Balaban J connectivity index is 1.88. The average Bonchev–Trinajstić information content (AvgIpc) is 2.89. The number of nitrogens with zero attached hydrogens (tertiary/aromatic N) is 2. The quantitative estimate of drug-likeness (QED) is 0.549. The summed E-state index contributed by atoms with van der Waals surface area (Å²) in [7, 11) is 1.37. The van der Waals surface area contributed by atoms with Gasteiger partial charge in [-0.3, -0.25) is 0 Å². The summed E-state index contributed by atoms with van der Waals surface area (Å²) >= 11 is 5.95. The SMILES string of the molecule is COC(=O)c1ccc(Cn2ccc3cnc(Cl)cc32)cc1. The van der Waals surface area contributed by atoms with Crippen molar-refractivity contribution in [2.24, 2.45) is 0 Å². The lowest BCUT2D eigenvalue weighted by atomic mass is 10.1. The molecule has 0 saturated carbocycles. The number of rotatable bonds is 3. The number of fused-ring (bicyclic) bond motifs is 1. The number of ether oxygens (including phenoxy) is 1.